The van der Waals surface area contributed by atoms with Crippen LogP contribution in [0.5, 0.6) is 0 Å². The first-order valence-electron chi connectivity index (χ1n) is 17.0. The molecule has 3 unspecified atom stereocenters. The Morgan fingerprint density at radius 1 is 0.800 bits per heavy atom. The smallest absolute Gasteiger partial charge is 0.303 e. The fourth-order valence-electron chi connectivity index (χ4n) is 11.7. The van der Waals surface area contributed by atoms with E-state index in [4.69, 9.17) is 9.47 Å². The Balaban J connectivity index is 1.29. The molecule has 0 aromatic carbocycles. The monoisotopic (exact) mass is 557 g/mol. The van der Waals surface area contributed by atoms with E-state index in [-0.39, 0.29) is 29.6 Å². The van der Waals surface area contributed by atoms with Crippen LogP contribution in [0.1, 0.15) is 111 Å². The number of carbonyl (C=O) groups excluding carboxylic acids is 2. The molecule has 6 aliphatic rings. The highest BCUT2D eigenvalue weighted by atomic mass is 16.5. The Morgan fingerprint density at radius 3 is 2.15 bits per heavy atom. The van der Waals surface area contributed by atoms with Crippen molar-refractivity contribution in [1.82, 2.24) is 4.90 Å². The lowest BCUT2D eigenvalue weighted by atomic mass is 9.44. The van der Waals surface area contributed by atoms with Crippen molar-refractivity contribution >= 4 is 11.9 Å². The maximum absolute atomic E-state index is 12.5. The number of likely N-dealkylation sites (tertiary alicyclic amines) is 2. The number of carbonyl (C=O) groups is 2. The Labute approximate surface area is 243 Å². The molecule has 40 heavy (non-hydrogen) atoms. The standard InChI is InChI=1S/C34H57N2O4/c1-23(37)39-31-20-25-12-13-26-27(34(25,4)22-29(31)35-16-8-6-9-17-35)14-15-33(3)28(26)21-30(32(33)40-24(2)38)36(5)18-10-7-11-19-36/h25-32H,6-22H2,1-5H3/q+1/t25-,26+,27-,28-,29?,30?,31-,32?,33-,34-/m0/s1. The highest BCUT2D eigenvalue weighted by molar-refractivity contribution is 5.66. The van der Waals surface area contributed by atoms with E-state index in [0.29, 0.717) is 35.3 Å². The van der Waals surface area contributed by atoms with Crippen molar-refractivity contribution in [2.45, 2.75) is 135 Å². The van der Waals surface area contributed by atoms with Crippen molar-refractivity contribution in [2.24, 2.45) is 34.5 Å². The molecule has 4 saturated carbocycles. The number of ether oxygens (including phenoxy) is 2. The summed E-state index contributed by atoms with van der Waals surface area (Å²) in [6.07, 6.45) is 16.3. The van der Waals surface area contributed by atoms with Gasteiger partial charge in [0.25, 0.3) is 0 Å². The van der Waals surface area contributed by atoms with E-state index in [0.717, 1.165) is 29.9 Å². The summed E-state index contributed by atoms with van der Waals surface area (Å²) in [6, 6.07) is 0.796. The number of likely N-dealkylation sites (N-methyl/N-ethyl adjacent to an activating group) is 1. The fraction of sp³-hybridized carbons (Fsp3) is 0.941. The molecule has 6 nitrogen and oxygen atoms in total. The number of fused-ring (bicyclic) bond motifs is 5. The summed E-state index contributed by atoms with van der Waals surface area (Å²) in [6.45, 7) is 13.1. The summed E-state index contributed by atoms with van der Waals surface area (Å²) in [5.41, 5.74) is 0.377. The topological polar surface area (TPSA) is 55.8 Å². The van der Waals surface area contributed by atoms with Gasteiger partial charge in [0.05, 0.1) is 20.1 Å². The lowest BCUT2D eigenvalue weighted by molar-refractivity contribution is -0.940. The molecule has 0 radical (unpaired) electrons. The maximum atomic E-state index is 12.5. The molecule has 6 heteroatoms. The van der Waals surface area contributed by atoms with E-state index < -0.39 is 0 Å². The molecule has 6 fully saturated rings. The molecule has 0 N–H and O–H groups in total. The molecule has 0 aromatic rings. The zero-order chi connectivity index (χ0) is 28.3. The zero-order valence-electron chi connectivity index (χ0n) is 26.2. The highest BCUT2D eigenvalue weighted by Gasteiger charge is 2.67. The molecular weight excluding hydrogens is 500 g/mol. The second kappa shape index (κ2) is 10.8. The normalized spacial score (nSPS) is 46.9. The van der Waals surface area contributed by atoms with Crippen LogP contribution in [0, 0.1) is 34.5 Å². The highest BCUT2D eigenvalue weighted by Crippen LogP contribution is 2.67. The van der Waals surface area contributed by atoms with Gasteiger partial charge in [-0.1, -0.05) is 20.3 Å². The third-order valence-electron chi connectivity index (χ3n) is 13.7. The van der Waals surface area contributed by atoms with Gasteiger partial charge in [-0.3, -0.25) is 14.5 Å². The minimum absolute atomic E-state index is 0.0466. The van der Waals surface area contributed by atoms with Crippen molar-refractivity contribution < 1.29 is 23.5 Å². The van der Waals surface area contributed by atoms with Gasteiger partial charge in [-0.15, -0.1) is 0 Å². The average Bonchev–Trinajstić information content (AvgIpc) is 3.21. The van der Waals surface area contributed by atoms with Gasteiger partial charge in [0.1, 0.15) is 12.1 Å². The number of hydrogen-bond donors (Lipinski definition) is 0. The van der Waals surface area contributed by atoms with Crippen LogP contribution in [0.2, 0.25) is 0 Å². The average molecular weight is 558 g/mol. The summed E-state index contributed by atoms with van der Waals surface area (Å²) in [5.74, 6) is 2.50. The van der Waals surface area contributed by atoms with Crippen LogP contribution >= 0.6 is 0 Å². The second-order valence-corrected chi connectivity index (χ2v) is 15.8. The van der Waals surface area contributed by atoms with Gasteiger partial charge in [-0.05, 0) is 113 Å². The van der Waals surface area contributed by atoms with Gasteiger partial charge in [0.2, 0.25) is 0 Å². The Kier molecular flexibility index (Phi) is 7.85. The summed E-state index contributed by atoms with van der Waals surface area (Å²) in [5, 5.41) is 0. The third-order valence-corrected chi connectivity index (χ3v) is 13.7. The lowest BCUT2D eigenvalue weighted by Gasteiger charge is -2.62. The van der Waals surface area contributed by atoms with Crippen molar-refractivity contribution in [3.8, 4) is 0 Å². The molecule has 0 bridgehead atoms. The number of esters is 2. The largest absolute Gasteiger partial charge is 0.461 e. The molecule has 2 heterocycles. The zero-order valence-corrected chi connectivity index (χ0v) is 26.2. The molecular formula is C34H57N2O4+. The van der Waals surface area contributed by atoms with Gasteiger partial charge in [0, 0.05) is 31.7 Å². The summed E-state index contributed by atoms with van der Waals surface area (Å²) >= 11 is 0. The van der Waals surface area contributed by atoms with E-state index >= 15 is 0 Å². The molecule has 10 atom stereocenters. The van der Waals surface area contributed by atoms with Gasteiger partial charge < -0.3 is 14.0 Å². The van der Waals surface area contributed by atoms with Crippen LogP contribution in [0.4, 0.5) is 0 Å². The maximum Gasteiger partial charge on any atom is 0.303 e. The van der Waals surface area contributed by atoms with Crippen LogP contribution in [0.25, 0.3) is 0 Å². The predicted octanol–water partition coefficient (Wildman–Crippen LogP) is 5.97. The molecule has 0 amide bonds. The molecule has 4 aliphatic carbocycles. The lowest BCUT2D eigenvalue weighted by Crippen LogP contribution is -2.61. The quantitative estimate of drug-likeness (QED) is 0.315. The van der Waals surface area contributed by atoms with Crippen molar-refractivity contribution in [1.29, 1.82) is 0 Å². The van der Waals surface area contributed by atoms with Gasteiger partial charge >= 0.3 is 11.9 Å². The van der Waals surface area contributed by atoms with Gasteiger partial charge in [0.15, 0.2) is 6.10 Å². The molecule has 0 aromatic heterocycles. The van der Waals surface area contributed by atoms with E-state index in [1.807, 2.05) is 0 Å². The van der Waals surface area contributed by atoms with Gasteiger partial charge in [-0.2, -0.15) is 0 Å². The number of quaternary nitrogens is 1. The van der Waals surface area contributed by atoms with Crippen molar-refractivity contribution in [2.75, 3.05) is 33.2 Å². The molecule has 2 saturated heterocycles. The first kappa shape index (κ1) is 29.0. The number of nitrogens with zero attached hydrogens (tertiary/aromatic N) is 2. The van der Waals surface area contributed by atoms with Crippen LogP contribution in [0.3, 0.4) is 0 Å². The van der Waals surface area contributed by atoms with E-state index in [2.05, 4.69) is 25.8 Å². The number of rotatable bonds is 4. The first-order chi connectivity index (χ1) is 19.0. The van der Waals surface area contributed by atoms with Crippen LogP contribution in [0.15, 0.2) is 0 Å². The summed E-state index contributed by atoms with van der Waals surface area (Å²) in [4.78, 5) is 27.4. The minimum atomic E-state index is -0.111. The summed E-state index contributed by atoms with van der Waals surface area (Å²) < 4.78 is 13.5. The molecule has 6 rings (SSSR count). The third kappa shape index (κ3) is 4.85. The molecule has 226 valence electrons. The van der Waals surface area contributed by atoms with E-state index in [9.17, 15) is 9.59 Å². The van der Waals surface area contributed by atoms with E-state index in [1.165, 1.54) is 90.1 Å². The van der Waals surface area contributed by atoms with Gasteiger partial charge in [-0.25, -0.2) is 0 Å². The molecule has 2 aliphatic heterocycles. The van der Waals surface area contributed by atoms with Crippen LogP contribution in [-0.2, 0) is 19.1 Å². The van der Waals surface area contributed by atoms with Crippen LogP contribution in [-0.4, -0.2) is 78.8 Å². The minimum Gasteiger partial charge on any atom is -0.461 e. The summed E-state index contributed by atoms with van der Waals surface area (Å²) in [7, 11) is 2.47. The SMILES string of the molecule is CC(=O)OC1C([N+]2(C)CCCCC2)C[C@H]2[C@@H]3CC[C@H]4C[C@H](OC(C)=O)C(N5CCCCC5)C[C@]4(C)[C@H]3CC[C@]12C. The number of piperidine rings is 2. The molecule has 0 spiro atoms. The Morgan fingerprint density at radius 2 is 1.48 bits per heavy atom. The predicted molar refractivity (Wildman–Crippen MR) is 156 cm³/mol. The fourth-order valence-corrected chi connectivity index (χ4v) is 11.7. The Hall–Kier alpha value is -1.14. The second-order valence-electron chi connectivity index (χ2n) is 15.8. The first-order valence-corrected chi connectivity index (χ1v) is 17.0. The van der Waals surface area contributed by atoms with Crippen LogP contribution < -0.4 is 0 Å². The van der Waals surface area contributed by atoms with E-state index in [1.54, 1.807) is 13.8 Å². The van der Waals surface area contributed by atoms with Crippen molar-refractivity contribution in [3.63, 3.8) is 0 Å². The Bertz CT molecular complexity index is 958. The van der Waals surface area contributed by atoms with Crippen molar-refractivity contribution in [3.05, 3.63) is 0 Å². The number of hydrogen-bond acceptors (Lipinski definition) is 5.